The number of imidazole rings is 3. The Morgan fingerprint density at radius 2 is 0.931 bits per heavy atom. The molecule has 0 N–H and O–H groups in total. The summed E-state index contributed by atoms with van der Waals surface area (Å²) in [6.07, 6.45) is 27.7. The second kappa shape index (κ2) is 32.5. The highest BCUT2D eigenvalue weighted by Crippen LogP contribution is 2.20. The van der Waals surface area contributed by atoms with Gasteiger partial charge in [0, 0.05) is 151 Å². The van der Waals surface area contributed by atoms with Crippen molar-refractivity contribution in [3.63, 3.8) is 0 Å². The fourth-order valence-corrected chi connectivity index (χ4v) is 8.14. The standard InChI is InChI=1S/C12H14N2.C9H16N2.C9H15N.C8H14N2.2C8H13N.C7H10BrN/c1-10(2)14-9-8-13-12(14)11-6-4-3-5-7-11;1-4-5-9-10-6-7-11(9)8(2)3;1-7(2)10-6-8(3)5-9(10)4;1-4-8-9-5-6-10(8)7(2)3;1-7(2)9-5-4-8(3)6-9;1-7(2)9-6-4-5-8(9)3;1-6(2)9-4-3-7(8)5-9/h3-10H,1-2H3;6-8H,4-5H2,1-3H3;5-7H,1-4H3;5-7H,4H2,1-3H3;2*4-7H,1-3H3;3-6H,1-2H3. The van der Waals surface area contributed by atoms with Crippen molar-refractivity contribution in [2.75, 3.05) is 0 Å². The molecule has 0 radical (unpaired) electrons. The summed E-state index contributed by atoms with van der Waals surface area (Å²) in [4.78, 5) is 12.9. The van der Waals surface area contributed by atoms with Crippen LogP contribution in [0.3, 0.4) is 0 Å². The Kier molecular flexibility index (Phi) is 28.2. The van der Waals surface area contributed by atoms with E-state index in [2.05, 4.69) is 281 Å². The van der Waals surface area contributed by atoms with Gasteiger partial charge in [0.2, 0.25) is 0 Å². The van der Waals surface area contributed by atoms with Crippen molar-refractivity contribution in [2.24, 2.45) is 0 Å². The van der Waals surface area contributed by atoms with E-state index in [1.165, 1.54) is 46.1 Å². The van der Waals surface area contributed by atoms with E-state index in [1.807, 2.05) is 55.2 Å². The zero-order valence-corrected chi connectivity index (χ0v) is 49.8. The van der Waals surface area contributed by atoms with E-state index in [-0.39, 0.29) is 0 Å². The molecule has 8 rings (SSSR count). The van der Waals surface area contributed by atoms with Gasteiger partial charge < -0.3 is 32.0 Å². The van der Waals surface area contributed by atoms with Gasteiger partial charge in [-0.1, -0.05) is 44.2 Å². The van der Waals surface area contributed by atoms with E-state index in [9.17, 15) is 0 Å². The summed E-state index contributed by atoms with van der Waals surface area (Å²) in [7, 11) is 0. The molecule has 0 aliphatic heterocycles. The Morgan fingerprint density at radius 1 is 0.431 bits per heavy atom. The van der Waals surface area contributed by atoms with Gasteiger partial charge in [-0.3, -0.25) is 0 Å². The molecule has 0 aliphatic rings. The van der Waals surface area contributed by atoms with Crippen molar-refractivity contribution in [1.82, 2.24) is 46.9 Å². The molecule has 0 spiro atoms. The van der Waals surface area contributed by atoms with Gasteiger partial charge in [-0.05, 0) is 188 Å². The van der Waals surface area contributed by atoms with Crippen molar-refractivity contribution in [3.8, 4) is 11.4 Å². The molecule has 396 valence electrons. The van der Waals surface area contributed by atoms with Crippen molar-refractivity contribution in [3.05, 3.63) is 174 Å². The van der Waals surface area contributed by atoms with Crippen LogP contribution in [0.15, 0.2) is 139 Å². The minimum atomic E-state index is 0.452. The highest BCUT2D eigenvalue weighted by Gasteiger charge is 2.08. The summed E-state index contributed by atoms with van der Waals surface area (Å²) in [5.74, 6) is 3.43. The fourth-order valence-electron chi connectivity index (χ4n) is 7.79. The lowest BCUT2D eigenvalue weighted by Crippen LogP contribution is -2.04. The van der Waals surface area contributed by atoms with Crippen LogP contribution in [0.4, 0.5) is 0 Å². The number of nitrogens with zero attached hydrogens (tertiary/aromatic N) is 10. The molecule has 10 nitrogen and oxygen atoms in total. The van der Waals surface area contributed by atoms with Crippen LogP contribution >= 0.6 is 15.9 Å². The van der Waals surface area contributed by atoms with E-state index < -0.39 is 0 Å². The van der Waals surface area contributed by atoms with Gasteiger partial charge in [0.25, 0.3) is 0 Å². The van der Waals surface area contributed by atoms with Crippen LogP contribution in [-0.2, 0) is 12.8 Å². The molecule has 0 atom stereocenters. The van der Waals surface area contributed by atoms with Crippen LogP contribution in [0.25, 0.3) is 11.4 Å². The quantitative estimate of drug-likeness (QED) is 0.130. The monoisotopic (exact) mass is 1050 g/mol. The molecule has 0 amide bonds. The number of halogens is 1. The summed E-state index contributed by atoms with van der Waals surface area (Å²) >= 11 is 3.38. The smallest absolute Gasteiger partial charge is 0.140 e. The average Bonchev–Trinajstić information content (AvgIpc) is 4.19. The van der Waals surface area contributed by atoms with E-state index in [0.29, 0.717) is 42.3 Å². The first kappa shape index (κ1) is 62.6. The lowest BCUT2D eigenvalue weighted by Gasteiger charge is -2.10. The maximum absolute atomic E-state index is 4.37. The molecule has 8 aromatic rings. The van der Waals surface area contributed by atoms with Gasteiger partial charge in [0.15, 0.2) is 0 Å². The molecular weight excluding hydrogens is 953 g/mol. The SMILES string of the molecule is CC(C)n1ccc(Br)c1.CC(C)n1ccnc1-c1ccccc1.CCCc1nccn1C(C)C.CCc1nccn1C(C)C.Cc1cc(C)n(C(C)C)c1.Cc1cccn1C(C)C.Cc1ccn(C(C)C)c1. The highest BCUT2D eigenvalue weighted by molar-refractivity contribution is 9.10. The topological polar surface area (TPSA) is 73.2 Å². The van der Waals surface area contributed by atoms with E-state index in [0.717, 1.165) is 23.1 Å². The highest BCUT2D eigenvalue weighted by atomic mass is 79.9. The molecule has 0 bridgehead atoms. The maximum Gasteiger partial charge on any atom is 0.140 e. The van der Waals surface area contributed by atoms with Crippen LogP contribution in [-0.4, -0.2) is 46.9 Å². The van der Waals surface area contributed by atoms with Crippen molar-refractivity contribution < 1.29 is 0 Å². The lowest BCUT2D eigenvalue weighted by molar-refractivity contribution is 0.564. The van der Waals surface area contributed by atoms with Crippen molar-refractivity contribution in [1.29, 1.82) is 0 Å². The molecular formula is C61H95BrN10. The minimum Gasteiger partial charge on any atom is -0.352 e. The van der Waals surface area contributed by atoms with Crippen LogP contribution < -0.4 is 0 Å². The zero-order valence-electron chi connectivity index (χ0n) is 48.2. The van der Waals surface area contributed by atoms with Gasteiger partial charge in [0.05, 0.1) is 0 Å². The maximum atomic E-state index is 4.37. The first-order chi connectivity index (χ1) is 34.0. The molecule has 11 heteroatoms. The molecule has 0 saturated heterocycles. The normalized spacial score (nSPS) is 10.8. The van der Waals surface area contributed by atoms with Crippen LogP contribution in [0.5, 0.6) is 0 Å². The van der Waals surface area contributed by atoms with Gasteiger partial charge in [-0.25, -0.2) is 15.0 Å². The van der Waals surface area contributed by atoms with Crippen LogP contribution in [0.2, 0.25) is 0 Å². The minimum absolute atomic E-state index is 0.452. The van der Waals surface area contributed by atoms with Gasteiger partial charge in [-0.2, -0.15) is 0 Å². The Morgan fingerprint density at radius 3 is 1.28 bits per heavy atom. The Bertz CT molecular complexity index is 2550. The van der Waals surface area contributed by atoms with E-state index >= 15 is 0 Å². The number of hydrogen-bond acceptors (Lipinski definition) is 3. The third-order valence-electron chi connectivity index (χ3n) is 11.7. The fraction of sp³-hybridized carbons (Fsp3) is 0.492. The van der Waals surface area contributed by atoms with E-state index in [1.54, 1.807) is 0 Å². The molecule has 72 heavy (non-hydrogen) atoms. The summed E-state index contributed by atoms with van der Waals surface area (Å²) < 4.78 is 16.6. The van der Waals surface area contributed by atoms with E-state index in [4.69, 9.17) is 0 Å². The Hall–Kier alpha value is -5.55. The second-order valence-electron chi connectivity index (χ2n) is 20.3. The van der Waals surface area contributed by atoms with Crippen LogP contribution in [0.1, 0.15) is 194 Å². The van der Waals surface area contributed by atoms with Crippen molar-refractivity contribution in [2.45, 2.75) is 200 Å². The molecule has 0 aliphatic carbocycles. The first-order valence-corrected chi connectivity index (χ1v) is 27.2. The summed E-state index contributed by atoms with van der Waals surface area (Å²) in [6, 6.07) is 24.7. The molecule has 0 fully saturated rings. The number of benzene rings is 1. The predicted molar refractivity (Wildman–Crippen MR) is 313 cm³/mol. The zero-order chi connectivity index (χ0) is 54.1. The molecule has 7 aromatic heterocycles. The number of aryl methyl sites for hydroxylation is 6. The van der Waals surface area contributed by atoms with Gasteiger partial charge in [0.1, 0.15) is 17.5 Å². The van der Waals surface area contributed by atoms with Gasteiger partial charge in [-0.15, -0.1) is 0 Å². The Labute approximate surface area is 445 Å². The number of hydrogen-bond donors (Lipinski definition) is 0. The largest absolute Gasteiger partial charge is 0.352 e. The molecule has 0 unspecified atom stereocenters. The van der Waals surface area contributed by atoms with Crippen molar-refractivity contribution >= 4 is 15.9 Å². The molecule has 7 heterocycles. The molecule has 0 saturated carbocycles. The third-order valence-corrected chi connectivity index (χ3v) is 12.2. The summed E-state index contributed by atoms with van der Waals surface area (Å²) in [5, 5.41) is 0. The molecule has 1 aromatic carbocycles. The first-order valence-electron chi connectivity index (χ1n) is 26.4. The predicted octanol–water partition coefficient (Wildman–Crippen LogP) is 17.8. The number of rotatable bonds is 11. The second-order valence-corrected chi connectivity index (χ2v) is 21.2. The Balaban J connectivity index is 0.000000290. The summed E-state index contributed by atoms with van der Waals surface area (Å²) in [5.41, 5.74) is 6.55. The average molecular weight is 1050 g/mol. The third kappa shape index (κ3) is 21.7. The lowest BCUT2D eigenvalue weighted by atomic mass is 10.2. The van der Waals surface area contributed by atoms with Gasteiger partial charge >= 0.3 is 0 Å². The van der Waals surface area contributed by atoms with Crippen LogP contribution in [0, 0.1) is 27.7 Å². The number of aromatic nitrogens is 10. The summed E-state index contributed by atoms with van der Waals surface area (Å²) in [6.45, 7) is 43.3.